The van der Waals surface area contributed by atoms with Crippen molar-refractivity contribution in [3.8, 4) is 0 Å². The van der Waals surface area contributed by atoms with Crippen molar-refractivity contribution in [1.29, 1.82) is 0 Å². The molecule has 1 aliphatic rings. The highest BCUT2D eigenvalue weighted by molar-refractivity contribution is 7.90. The number of sulfone groups is 1. The second-order valence-corrected chi connectivity index (χ2v) is 6.12. The average Bonchev–Trinajstić information content (AvgIpc) is 2.62. The first kappa shape index (κ1) is 9.71. The van der Waals surface area contributed by atoms with Crippen LogP contribution in [0.2, 0.25) is 0 Å². The van der Waals surface area contributed by atoms with Crippen molar-refractivity contribution >= 4 is 15.6 Å². The zero-order chi connectivity index (χ0) is 9.41. The van der Waals surface area contributed by atoms with Gasteiger partial charge in [-0.15, -0.1) is 0 Å². The van der Waals surface area contributed by atoms with E-state index in [1.165, 1.54) is 0 Å². The van der Waals surface area contributed by atoms with Crippen LogP contribution in [-0.4, -0.2) is 26.2 Å². The summed E-state index contributed by atoms with van der Waals surface area (Å²) in [5.41, 5.74) is -0.176. The molecule has 0 amide bonds. The van der Waals surface area contributed by atoms with Crippen molar-refractivity contribution in [2.75, 3.05) is 12.0 Å². The van der Waals surface area contributed by atoms with E-state index >= 15 is 0 Å². The molecule has 12 heavy (non-hydrogen) atoms. The number of carbonyl (C=O) groups is 1. The monoisotopic (exact) mass is 190 g/mol. The fraction of sp³-hybridized carbons (Fsp3) is 0.875. The second-order valence-electron chi connectivity index (χ2n) is 3.86. The Morgan fingerprint density at radius 2 is 1.92 bits per heavy atom. The van der Waals surface area contributed by atoms with E-state index in [1.807, 2.05) is 6.92 Å². The Morgan fingerprint density at radius 3 is 2.25 bits per heavy atom. The molecule has 0 radical (unpaired) electrons. The van der Waals surface area contributed by atoms with Gasteiger partial charge in [0.2, 0.25) is 0 Å². The van der Waals surface area contributed by atoms with Gasteiger partial charge in [0.25, 0.3) is 0 Å². The van der Waals surface area contributed by atoms with Crippen LogP contribution in [0.4, 0.5) is 0 Å². The van der Waals surface area contributed by atoms with Crippen molar-refractivity contribution in [2.24, 2.45) is 5.41 Å². The lowest BCUT2D eigenvalue weighted by Gasteiger charge is -2.04. The molecule has 0 aromatic heterocycles. The molecular weight excluding hydrogens is 176 g/mol. The largest absolute Gasteiger partial charge is 0.299 e. The van der Waals surface area contributed by atoms with Crippen LogP contribution in [0.1, 0.15) is 26.2 Å². The number of hydrogen-bond donors (Lipinski definition) is 0. The molecule has 0 N–H and O–H groups in total. The van der Waals surface area contributed by atoms with Crippen LogP contribution in [0.15, 0.2) is 0 Å². The van der Waals surface area contributed by atoms with E-state index < -0.39 is 9.84 Å². The molecule has 0 spiro atoms. The van der Waals surface area contributed by atoms with Crippen molar-refractivity contribution in [2.45, 2.75) is 26.2 Å². The Hall–Kier alpha value is -0.380. The fourth-order valence-corrected chi connectivity index (χ4v) is 1.60. The molecule has 1 aliphatic carbocycles. The molecule has 0 atom stereocenters. The van der Waals surface area contributed by atoms with Crippen LogP contribution in [-0.2, 0) is 14.6 Å². The van der Waals surface area contributed by atoms with Crippen LogP contribution >= 0.6 is 0 Å². The first-order valence-electron chi connectivity index (χ1n) is 4.05. The Morgan fingerprint density at radius 1 is 1.42 bits per heavy atom. The summed E-state index contributed by atoms with van der Waals surface area (Å²) in [5, 5.41) is 0. The van der Waals surface area contributed by atoms with Crippen molar-refractivity contribution in [3.05, 3.63) is 0 Å². The van der Waals surface area contributed by atoms with Gasteiger partial charge in [-0.2, -0.15) is 0 Å². The minimum Gasteiger partial charge on any atom is -0.299 e. The molecule has 0 saturated heterocycles. The molecule has 0 aromatic rings. The van der Waals surface area contributed by atoms with Gasteiger partial charge in [-0.3, -0.25) is 4.79 Å². The quantitative estimate of drug-likeness (QED) is 0.658. The third-order valence-corrected chi connectivity index (χ3v) is 3.32. The van der Waals surface area contributed by atoms with Crippen LogP contribution in [0, 0.1) is 5.41 Å². The molecule has 4 heteroatoms. The van der Waals surface area contributed by atoms with Crippen LogP contribution < -0.4 is 0 Å². The summed E-state index contributed by atoms with van der Waals surface area (Å²) in [4.78, 5) is 11.3. The molecule has 1 saturated carbocycles. The maximum Gasteiger partial charge on any atom is 0.147 e. The highest BCUT2D eigenvalue weighted by atomic mass is 32.2. The zero-order valence-electron chi connectivity index (χ0n) is 7.46. The summed E-state index contributed by atoms with van der Waals surface area (Å²) >= 11 is 0. The van der Waals surface area contributed by atoms with Gasteiger partial charge in [-0.25, -0.2) is 8.42 Å². The molecule has 0 heterocycles. The van der Waals surface area contributed by atoms with Crippen LogP contribution in [0.25, 0.3) is 0 Å². The van der Waals surface area contributed by atoms with Gasteiger partial charge in [-0.05, 0) is 12.8 Å². The Labute approximate surface area is 73.1 Å². The average molecular weight is 190 g/mol. The van der Waals surface area contributed by atoms with Gasteiger partial charge in [0.15, 0.2) is 0 Å². The van der Waals surface area contributed by atoms with Gasteiger partial charge in [-0.1, -0.05) is 6.92 Å². The number of rotatable bonds is 4. The minimum absolute atomic E-state index is 0.00141. The molecule has 3 nitrogen and oxygen atoms in total. The van der Waals surface area contributed by atoms with Crippen molar-refractivity contribution < 1.29 is 13.2 Å². The van der Waals surface area contributed by atoms with E-state index in [-0.39, 0.29) is 23.4 Å². The summed E-state index contributed by atoms with van der Waals surface area (Å²) in [6, 6.07) is 0. The molecule has 70 valence electrons. The Bertz CT molecular complexity index is 285. The van der Waals surface area contributed by atoms with Crippen molar-refractivity contribution in [3.63, 3.8) is 0 Å². The summed E-state index contributed by atoms with van der Waals surface area (Å²) in [7, 11) is -2.97. The van der Waals surface area contributed by atoms with Gasteiger partial charge < -0.3 is 0 Å². The topological polar surface area (TPSA) is 51.2 Å². The highest BCUT2D eigenvalue weighted by Gasteiger charge is 2.43. The third-order valence-electron chi connectivity index (χ3n) is 2.37. The van der Waals surface area contributed by atoms with E-state index in [0.717, 1.165) is 19.1 Å². The predicted molar refractivity (Wildman–Crippen MR) is 46.7 cm³/mol. The molecule has 1 rings (SSSR count). The number of ketones is 1. The Balaban J connectivity index is 2.39. The normalized spacial score (nSPS) is 20.5. The van der Waals surface area contributed by atoms with E-state index in [9.17, 15) is 13.2 Å². The molecule has 0 aliphatic heterocycles. The lowest BCUT2D eigenvalue weighted by atomic mass is 10.0. The van der Waals surface area contributed by atoms with Crippen LogP contribution in [0.3, 0.4) is 0 Å². The summed E-state index contributed by atoms with van der Waals surface area (Å²) in [6.07, 6.45) is 3.20. The first-order chi connectivity index (χ1) is 5.33. The lowest BCUT2D eigenvalue weighted by molar-refractivity contribution is -0.123. The second kappa shape index (κ2) is 2.83. The third kappa shape index (κ3) is 2.59. The molecular formula is C8H14O3S. The van der Waals surface area contributed by atoms with Crippen LogP contribution in [0.5, 0.6) is 0 Å². The standard InChI is InChI=1S/C8H14O3S/c1-8(4-5-8)7(9)3-6-12(2,10)11/h3-6H2,1-2H3. The van der Waals surface area contributed by atoms with E-state index in [0.29, 0.717) is 0 Å². The lowest BCUT2D eigenvalue weighted by Crippen LogP contribution is -2.16. The number of hydrogen-bond acceptors (Lipinski definition) is 3. The predicted octanol–water partition coefficient (Wildman–Crippen LogP) is 0.790. The van der Waals surface area contributed by atoms with Gasteiger partial charge in [0.05, 0.1) is 5.75 Å². The van der Waals surface area contributed by atoms with Gasteiger partial charge in [0, 0.05) is 18.1 Å². The van der Waals surface area contributed by atoms with Gasteiger partial charge in [0.1, 0.15) is 15.6 Å². The van der Waals surface area contributed by atoms with E-state index in [1.54, 1.807) is 0 Å². The Kier molecular flexibility index (Phi) is 2.29. The number of Topliss-reactive ketones (excluding diaryl/α,β-unsaturated/α-hetero) is 1. The maximum atomic E-state index is 11.3. The van der Waals surface area contributed by atoms with Gasteiger partial charge >= 0.3 is 0 Å². The maximum absolute atomic E-state index is 11.3. The molecule has 1 fully saturated rings. The smallest absolute Gasteiger partial charge is 0.147 e. The number of carbonyl (C=O) groups excluding carboxylic acids is 1. The zero-order valence-corrected chi connectivity index (χ0v) is 8.28. The summed E-state index contributed by atoms with van der Waals surface area (Å²) in [5.74, 6) is 0.106. The first-order valence-corrected chi connectivity index (χ1v) is 6.11. The summed E-state index contributed by atoms with van der Waals surface area (Å²) in [6.45, 7) is 1.90. The fourth-order valence-electron chi connectivity index (χ4n) is 1.05. The molecule has 0 unspecified atom stereocenters. The highest BCUT2D eigenvalue weighted by Crippen LogP contribution is 2.46. The van der Waals surface area contributed by atoms with E-state index in [2.05, 4.69) is 0 Å². The minimum atomic E-state index is -2.97. The molecule has 0 aromatic carbocycles. The van der Waals surface area contributed by atoms with Crippen molar-refractivity contribution in [1.82, 2.24) is 0 Å². The SMILES string of the molecule is CC1(C(=O)CCS(C)(=O)=O)CC1. The van der Waals surface area contributed by atoms with E-state index in [4.69, 9.17) is 0 Å². The summed E-state index contributed by atoms with van der Waals surface area (Å²) < 4.78 is 21.5. The molecule has 0 bridgehead atoms.